The smallest absolute Gasteiger partial charge is 0.356 e. The Morgan fingerprint density at radius 3 is 2.94 bits per heavy atom. The lowest BCUT2D eigenvalue weighted by atomic mass is 10.2. The van der Waals surface area contributed by atoms with E-state index in [4.69, 9.17) is 9.84 Å². The molecule has 0 unspecified atom stereocenters. The molecule has 0 spiro atoms. The third-order valence-corrected chi connectivity index (χ3v) is 2.75. The maximum Gasteiger partial charge on any atom is 0.356 e. The van der Waals surface area contributed by atoms with E-state index in [-0.39, 0.29) is 11.8 Å². The molecule has 6 nitrogen and oxygen atoms in total. The maximum atomic E-state index is 10.6. The molecule has 1 atom stereocenters. The lowest BCUT2D eigenvalue weighted by Gasteiger charge is -2.21. The summed E-state index contributed by atoms with van der Waals surface area (Å²) in [7, 11) is 1.89. The fourth-order valence-electron chi connectivity index (χ4n) is 1.82. The van der Waals surface area contributed by atoms with Gasteiger partial charge in [0.25, 0.3) is 0 Å². The molecule has 1 fully saturated rings. The SMILES string of the molecule is CN(C[C@@H]1CCCO1)c1cnc(C(=O)O)cn1. The minimum absolute atomic E-state index is 0.0423. The zero-order chi connectivity index (χ0) is 12.3. The summed E-state index contributed by atoms with van der Waals surface area (Å²) in [6.45, 7) is 1.57. The average molecular weight is 237 g/mol. The second-order valence-electron chi connectivity index (χ2n) is 4.08. The van der Waals surface area contributed by atoms with Gasteiger partial charge in [0.15, 0.2) is 5.69 Å². The number of carbonyl (C=O) groups is 1. The Hall–Kier alpha value is -1.69. The van der Waals surface area contributed by atoms with Gasteiger partial charge in [-0.15, -0.1) is 0 Å². The van der Waals surface area contributed by atoms with Crippen molar-refractivity contribution in [2.45, 2.75) is 18.9 Å². The Bertz CT molecular complexity index is 387. The van der Waals surface area contributed by atoms with Gasteiger partial charge in [0.1, 0.15) is 5.82 Å². The standard InChI is InChI=1S/C11H15N3O3/c1-14(7-8-3-2-4-17-8)10-6-12-9(5-13-10)11(15)16/h5-6,8H,2-4,7H2,1H3,(H,15,16)/t8-/m0/s1. The molecule has 1 aromatic heterocycles. The fraction of sp³-hybridized carbons (Fsp3) is 0.545. The predicted molar refractivity (Wildman–Crippen MR) is 61.2 cm³/mol. The minimum Gasteiger partial charge on any atom is -0.476 e. The Labute approximate surface area is 99.2 Å². The Kier molecular flexibility index (Phi) is 3.53. The molecule has 2 heterocycles. The van der Waals surface area contributed by atoms with Crippen LogP contribution in [0, 0.1) is 0 Å². The predicted octanol–water partition coefficient (Wildman–Crippen LogP) is 0.790. The molecule has 1 aliphatic rings. The van der Waals surface area contributed by atoms with Crippen molar-refractivity contribution in [1.29, 1.82) is 0 Å². The molecule has 0 bridgehead atoms. The number of likely N-dealkylation sites (N-methyl/N-ethyl adjacent to an activating group) is 1. The lowest BCUT2D eigenvalue weighted by Crippen LogP contribution is -2.29. The van der Waals surface area contributed by atoms with Gasteiger partial charge in [-0.05, 0) is 12.8 Å². The summed E-state index contributed by atoms with van der Waals surface area (Å²) in [4.78, 5) is 20.4. The molecule has 17 heavy (non-hydrogen) atoms. The van der Waals surface area contributed by atoms with E-state index in [1.165, 1.54) is 12.4 Å². The number of carboxylic acids is 1. The topological polar surface area (TPSA) is 75.5 Å². The van der Waals surface area contributed by atoms with Gasteiger partial charge < -0.3 is 14.7 Å². The van der Waals surface area contributed by atoms with Crippen LogP contribution in [0.4, 0.5) is 5.82 Å². The van der Waals surface area contributed by atoms with E-state index < -0.39 is 5.97 Å². The first-order valence-corrected chi connectivity index (χ1v) is 5.55. The maximum absolute atomic E-state index is 10.6. The number of rotatable bonds is 4. The van der Waals surface area contributed by atoms with Gasteiger partial charge in [-0.1, -0.05) is 0 Å². The highest BCUT2D eigenvalue weighted by Gasteiger charge is 2.18. The fourth-order valence-corrected chi connectivity index (χ4v) is 1.82. The van der Waals surface area contributed by atoms with Crippen LogP contribution in [0.5, 0.6) is 0 Å². The van der Waals surface area contributed by atoms with Crippen LogP contribution >= 0.6 is 0 Å². The Balaban J connectivity index is 1.98. The molecule has 1 aliphatic heterocycles. The molecule has 1 N–H and O–H groups in total. The third-order valence-electron chi connectivity index (χ3n) is 2.75. The number of aromatic nitrogens is 2. The summed E-state index contributed by atoms with van der Waals surface area (Å²) in [5.74, 6) is -0.406. The number of nitrogens with zero attached hydrogens (tertiary/aromatic N) is 3. The van der Waals surface area contributed by atoms with Gasteiger partial charge in [-0.25, -0.2) is 14.8 Å². The second-order valence-corrected chi connectivity index (χ2v) is 4.08. The van der Waals surface area contributed by atoms with Gasteiger partial charge in [0, 0.05) is 20.2 Å². The molecule has 1 aromatic rings. The van der Waals surface area contributed by atoms with E-state index in [0.29, 0.717) is 5.82 Å². The van der Waals surface area contributed by atoms with Crippen LogP contribution in [0.2, 0.25) is 0 Å². The number of anilines is 1. The zero-order valence-electron chi connectivity index (χ0n) is 9.67. The average Bonchev–Trinajstić information content (AvgIpc) is 2.82. The van der Waals surface area contributed by atoms with Crippen LogP contribution in [-0.2, 0) is 4.74 Å². The third kappa shape index (κ3) is 2.91. The molecule has 6 heteroatoms. The van der Waals surface area contributed by atoms with Crippen LogP contribution in [-0.4, -0.2) is 47.3 Å². The van der Waals surface area contributed by atoms with Crippen molar-refractivity contribution in [3.05, 3.63) is 18.1 Å². The van der Waals surface area contributed by atoms with Crippen LogP contribution in [0.1, 0.15) is 23.3 Å². The molecule has 0 saturated carbocycles. The second kappa shape index (κ2) is 5.09. The van der Waals surface area contributed by atoms with E-state index in [1.807, 2.05) is 11.9 Å². The quantitative estimate of drug-likeness (QED) is 0.834. The van der Waals surface area contributed by atoms with Crippen LogP contribution in [0.3, 0.4) is 0 Å². The zero-order valence-corrected chi connectivity index (χ0v) is 9.67. The van der Waals surface area contributed by atoms with E-state index in [0.717, 1.165) is 26.0 Å². The van der Waals surface area contributed by atoms with Crippen molar-refractivity contribution in [3.63, 3.8) is 0 Å². The van der Waals surface area contributed by atoms with Gasteiger partial charge in [0.05, 0.1) is 18.5 Å². The number of hydrogen-bond donors (Lipinski definition) is 1. The van der Waals surface area contributed by atoms with E-state index in [1.54, 1.807) is 0 Å². The first kappa shape index (κ1) is 11.8. The minimum atomic E-state index is -1.06. The first-order valence-electron chi connectivity index (χ1n) is 5.55. The molecule has 2 rings (SSSR count). The summed E-state index contributed by atoms with van der Waals surface area (Å²) in [5.41, 5.74) is -0.0423. The van der Waals surface area contributed by atoms with Crippen LogP contribution < -0.4 is 4.90 Å². The Morgan fingerprint density at radius 2 is 2.41 bits per heavy atom. The molecule has 92 valence electrons. The highest BCUT2D eigenvalue weighted by Crippen LogP contribution is 2.15. The van der Waals surface area contributed by atoms with Gasteiger partial charge in [-0.3, -0.25) is 0 Å². The lowest BCUT2D eigenvalue weighted by molar-refractivity contribution is 0.0690. The highest BCUT2D eigenvalue weighted by atomic mass is 16.5. The molecular weight excluding hydrogens is 222 g/mol. The summed E-state index contributed by atoms with van der Waals surface area (Å²) in [6, 6.07) is 0. The molecule has 0 radical (unpaired) electrons. The van der Waals surface area contributed by atoms with Crippen molar-refractivity contribution in [2.75, 3.05) is 25.1 Å². The van der Waals surface area contributed by atoms with Crippen molar-refractivity contribution in [2.24, 2.45) is 0 Å². The van der Waals surface area contributed by atoms with Crippen molar-refractivity contribution in [3.8, 4) is 0 Å². The molecular formula is C11H15N3O3. The Morgan fingerprint density at radius 1 is 1.59 bits per heavy atom. The van der Waals surface area contributed by atoms with Crippen LogP contribution in [0.25, 0.3) is 0 Å². The molecule has 0 aromatic carbocycles. The number of hydrogen-bond acceptors (Lipinski definition) is 5. The summed E-state index contributed by atoms with van der Waals surface area (Å²) < 4.78 is 5.52. The van der Waals surface area contributed by atoms with Gasteiger partial charge >= 0.3 is 5.97 Å². The van der Waals surface area contributed by atoms with E-state index >= 15 is 0 Å². The summed E-state index contributed by atoms with van der Waals surface area (Å²) in [6.07, 6.45) is 5.13. The summed E-state index contributed by atoms with van der Waals surface area (Å²) in [5, 5.41) is 8.71. The molecule has 1 saturated heterocycles. The molecule has 0 aliphatic carbocycles. The van der Waals surface area contributed by atoms with Crippen LogP contribution in [0.15, 0.2) is 12.4 Å². The van der Waals surface area contributed by atoms with Crippen molar-refractivity contribution >= 4 is 11.8 Å². The van der Waals surface area contributed by atoms with E-state index in [9.17, 15) is 4.79 Å². The monoisotopic (exact) mass is 237 g/mol. The number of carboxylic acid groups (broad SMARTS) is 1. The first-order chi connectivity index (χ1) is 8.16. The number of aromatic carboxylic acids is 1. The molecule has 0 amide bonds. The number of ether oxygens (including phenoxy) is 1. The van der Waals surface area contributed by atoms with Gasteiger partial charge in [0.2, 0.25) is 0 Å². The highest BCUT2D eigenvalue weighted by molar-refractivity contribution is 5.84. The largest absolute Gasteiger partial charge is 0.476 e. The normalized spacial score (nSPS) is 19.2. The van der Waals surface area contributed by atoms with Crippen molar-refractivity contribution in [1.82, 2.24) is 9.97 Å². The van der Waals surface area contributed by atoms with E-state index in [2.05, 4.69) is 9.97 Å². The van der Waals surface area contributed by atoms with Gasteiger partial charge in [-0.2, -0.15) is 0 Å². The summed E-state index contributed by atoms with van der Waals surface area (Å²) >= 11 is 0. The van der Waals surface area contributed by atoms with Crippen molar-refractivity contribution < 1.29 is 14.6 Å².